The van der Waals surface area contributed by atoms with Crippen LogP contribution in [-0.2, 0) is 6.61 Å². The Morgan fingerprint density at radius 1 is 0.900 bits per heavy atom. The van der Waals surface area contributed by atoms with Crippen LogP contribution in [0, 0.1) is 3.57 Å². The van der Waals surface area contributed by atoms with Gasteiger partial charge in [-0.15, -0.1) is 0 Å². The maximum atomic E-state index is 6.33. The van der Waals surface area contributed by atoms with Gasteiger partial charge >= 0.3 is 0 Å². The second-order valence-corrected chi connectivity index (χ2v) is 10.6. The van der Waals surface area contributed by atoms with Crippen LogP contribution in [0.1, 0.15) is 19.4 Å². The molecule has 30 heavy (non-hydrogen) atoms. The summed E-state index contributed by atoms with van der Waals surface area (Å²) in [6, 6.07) is 27.4. The van der Waals surface area contributed by atoms with E-state index in [4.69, 9.17) is 9.47 Å². The lowest BCUT2D eigenvalue weighted by Crippen LogP contribution is -2.17. The number of thioether (sulfide) groups is 1. The lowest BCUT2D eigenvalue weighted by atomic mass is 9.97. The molecule has 0 bridgehead atoms. The molecule has 1 aliphatic heterocycles. The highest BCUT2D eigenvalue weighted by atomic mass is 127. The molecule has 0 atom stereocenters. The lowest BCUT2D eigenvalue weighted by Gasteiger charge is -2.17. The molecule has 0 saturated carbocycles. The molecule has 5 rings (SSSR count). The van der Waals surface area contributed by atoms with E-state index in [2.05, 4.69) is 97.1 Å². The Bertz CT molecular complexity index is 1220. The molecular weight excluding hydrogens is 503 g/mol. The number of fused-ring (bicyclic) bond motifs is 2. The third-order valence-corrected chi connectivity index (χ3v) is 7.09. The predicted molar refractivity (Wildman–Crippen MR) is 133 cm³/mol. The fourth-order valence-electron chi connectivity index (χ4n) is 3.83. The molecule has 1 heterocycles. The third kappa shape index (κ3) is 3.79. The standard InChI is InChI=1S/C26H21IO2S/c1-26(2)29-23-13-20-19(14-24(23)30-26)22(28-16-17-9-5-3-6-10-17)15-21(27)25(20)18-11-7-4-8-12-18/h3-15H,16H2,1-2H3. The number of halogens is 1. The van der Waals surface area contributed by atoms with Gasteiger partial charge in [0.1, 0.15) is 18.1 Å². The van der Waals surface area contributed by atoms with Gasteiger partial charge in [0.05, 0.1) is 4.90 Å². The van der Waals surface area contributed by atoms with Crippen molar-refractivity contribution in [3.8, 4) is 22.6 Å². The van der Waals surface area contributed by atoms with Crippen molar-refractivity contribution >= 4 is 45.1 Å². The van der Waals surface area contributed by atoms with Crippen molar-refractivity contribution in [2.24, 2.45) is 0 Å². The predicted octanol–water partition coefficient (Wildman–Crippen LogP) is 7.91. The number of rotatable bonds is 4. The molecular formula is C26H21IO2S. The summed E-state index contributed by atoms with van der Waals surface area (Å²) in [5.41, 5.74) is 3.58. The summed E-state index contributed by atoms with van der Waals surface area (Å²) in [5.74, 6) is 1.86. The minimum atomic E-state index is -0.259. The number of hydrogen-bond acceptors (Lipinski definition) is 3. The normalized spacial score (nSPS) is 14.4. The molecule has 0 N–H and O–H groups in total. The van der Waals surface area contributed by atoms with Crippen LogP contribution in [0.4, 0.5) is 0 Å². The van der Waals surface area contributed by atoms with Crippen LogP contribution in [0.5, 0.6) is 11.5 Å². The number of hydrogen-bond donors (Lipinski definition) is 0. The molecule has 1 aliphatic rings. The van der Waals surface area contributed by atoms with Gasteiger partial charge in [0.25, 0.3) is 0 Å². The quantitative estimate of drug-likeness (QED) is 0.253. The van der Waals surface area contributed by atoms with E-state index in [1.807, 2.05) is 18.2 Å². The Kier molecular flexibility index (Phi) is 5.15. The average Bonchev–Trinajstić information content (AvgIpc) is 3.05. The topological polar surface area (TPSA) is 18.5 Å². The van der Waals surface area contributed by atoms with Gasteiger partial charge in [0.2, 0.25) is 0 Å². The summed E-state index contributed by atoms with van der Waals surface area (Å²) >= 11 is 4.18. The highest BCUT2D eigenvalue weighted by molar-refractivity contribution is 14.1. The van der Waals surface area contributed by atoms with Gasteiger partial charge in [-0.1, -0.05) is 72.4 Å². The maximum Gasteiger partial charge on any atom is 0.153 e. The Hall–Kier alpha value is -2.18. The van der Waals surface area contributed by atoms with Crippen molar-refractivity contribution in [1.29, 1.82) is 0 Å². The van der Waals surface area contributed by atoms with E-state index in [1.54, 1.807) is 11.8 Å². The Morgan fingerprint density at radius 3 is 2.33 bits per heavy atom. The first kappa shape index (κ1) is 19.8. The third-order valence-electron chi connectivity index (χ3n) is 5.13. The first-order chi connectivity index (χ1) is 14.5. The van der Waals surface area contributed by atoms with Crippen LogP contribution < -0.4 is 9.47 Å². The van der Waals surface area contributed by atoms with Crippen molar-refractivity contribution in [3.63, 3.8) is 0 Å². The summed E-state index contributed by atoms with van der Waals surface area (Å²) in [6.45, 7) is 4.76. The van der Waals surface area contributed by atoms with Crippen LogP contribution in [0.25, 0.3) is 21.9 Å². The van der Waals surface area contributed by atoms with Gasteiger partial charge < -0.3 is 9.47 Å². The molecule has 0 fully saturated rings. The zero-order chi connectivity index (χ0) is 20.7. The summed E-state index contributed by atoms with van der Waals surface area (Å²) < 4.78 is 13.7. The maximum absolute atomic E-state index is 6.33. The minimum absolute atomic E-state index is 0.259. The van der Waals surface area contributed by atoms with E-state index >= 15 is 0 Å². The molecule has 2 nitrogen and oxygen atoms in total. The second kappa shape index (κ2) is 7.82. The Morgan fingerprint density at radius 2 is 1.60 bits per heavy atom. The smallest absolute Gasteiger partial charge is 0.153 e. The van der Waals surface area contributed by atoms with E-state index in [1.165, 1.54) is 14.7 Å². The SMILES string of the molecule is CC1(C)Oc2cc3c(-c4ccccc4)c(I)cc(OCc4ccccc4)c3cc2S1. The number of ether oxygens (including phenoxy) is 2. The van der Waals surface area contributed by atoms with E-state index in [9.17, 15) is 0 Å². The second-order valence-electron chi connectivity index (χ2n) is 7.82. The van der Waals surface area contributed by atoms with Crippen molar-refractivity contribution in [2.45, 2.75) is 30.3 Å². The molecule has 150 valence electrons. The van der Waals surface area contributed by atoms with Crippen molar-refractivity contribution in [2.75, 3.05) is 0 Å². The summed E-state index contributed by atoms with van der Waals surface area (Å²) in [6.07, 6.45) is 0. The highest BCUT2D eigenvalue weighted by Crippen LogP contribution is 2.51. The molecule has 0 saturated heterocycles. The van der Waals surface area contributed by atoms with Crippen molar-refractivity contribution < 1.29 is 9.47 Å². The monoisotopic (exact) mass is 524 g/mol. The molecule has 0 radical (unpaired) electrons. The van der Waals surface area contributed by atoms with Gasteiger partial charge in [-0.25, -0.2) is 0 Å². The molecule has 4 aromatic rings. The lowest BCUT2D eigenvalue weighted by molar-refractivity contribution is 0.215. The van der Waals surface area contributed by atoms with E-state index in [0.717, 1.165) is 32.7 Å². The summed E-state index contributed by atoms with van der Waals surface area (Å²) in [5, 5.41) is 2.28. The Balaban J connectivity index is 1.68. The minimum Gasteiger partial charge on any atom is -0.488 e. The number of benzene rings is 4. The molecule has 0 aliphatic carbocycles. The molecule has 0 aromatic heterocycles. The fourth-order valence-corrected chi connectivity index (χ4v) is 5.75. The fraction of sp³-hybridized carbons (Fsp3) is 0.154. The molecule has 0 unspecified atom stereocenters. The zero-order valence-electron chi connectivity index (χ0n) is 16.8. The van der Waals surface area contributed by atoms with E-state index in [-0.39, 0.29) is 4.93 Å². The van der Waals surface area contributed by atoms with Crippen LogP contribution in [0.15, 0.2) is 83.8 Å². The first-order valence-electron chi connectivity index (χ1n) is 9.91. The van der Waals surface area contributed by atoms with E-state index in [0.29, 0.717) is 6.61 Å². The van der Waals surface area contributed by atoms with Gasteiger partial charge in [0.15, 0.2) is 4.93 Å². The van der Waals surface area contributed by atoms with Gasteiger partial charge in [0, 0.05) is 14.5 Å². The molecule has 4 aromatic carbocycles. The largest absolute Gasteiger partial charge is 0.488 e. The molecule has 4 heteroatoms. The van der Waals surface area contributed by atoms with Crippen LogP contribution >= 0.6 is 34.4 Å². The van der Waals surface area contributed by atoms with Crippen LogP contribution in [0.3, 0.4) is 0 Å². The van der Waals surface area contributed by atoms with Crippen LogP contribution in [0.2, 0.25) is 0 Å². The van der Waals surface area contributed by atoms with Crippen molar-refractivity contribution in [1.82, 2.24) is 0 Å². The Labute approximate surface area is 194 Å². The summed E-state index contributed by atoms with van der Waals surface area (Å²) in [4.78, 5) is 0.905. The van der Waals surface area contributed by atoms with Gasteiger partial charge in [-0.05, 0) is 71.2 Å². The zero-order valence-corrected chi connectivity index (χ0v) is 19.8. The van der Waals surface area contributed by atoms with Gasteiger partial charge in [-0.2, -0.15) is 0 Å². The molecule has 0 spiro atoms. The highest BCUT2D eigenvalue weighted by Gasteiger charge is 2.32. The first-order valence-corrected chi connectivity index (χ1v) is 11.8. The van der Waals surface area contributed by atoms with Crippen LogP contribution in [-0.4, -0.2) is 4.93 Å². The van der Waals surface area contributed by atoms with E-state index < -0.39 is 0 Å². The average molecular weight is 524 g/mol. The van der Waals surface area contributed by atoms with Crippen molar-refractivity contribution in [3.05, 3.63) is 88.0 Å². The molecule has 0 amide bonds. The summed E-state index contributed by atoms with van der Waals surface area (Å²) in [7, 11) is 0. The van der Waals surface area contributed by atoms with Gasteiger partial charge in [-0.3, -0.25) is 0 Å².